The van der Waals surface area contributed by atoms with Crippen LogP contribution in [0.5, 0.6) is 0 Å². The number of rotatable bonds is 7. The monoisotopic (exact) mass is 356 g/mol. The third kappa shape index (κ3) is 4.33. The van der Waals surface area contributed by atoms with Gasteiger partial charge < -0.3 is 9.32 Å². The van der Waals surface area contributed by atoms with E-state index in [1.807, 2.05) is 17.5 Å². The van der Waals surface area contributed by atoms with Crippen LogP contribution in [0.15, 0.2) is 64.6 Å². The van der Waals surface area contributed by atoms with E-state index in [0.717, 1.165) is 4.88 Å². The van der Waals surface area contributed by atoms with Crippen molar-refractivity contribution in [2.45, 2.75) is 19.5 Å². The highest BCUT2D eigenvalue weighted by atomic mass is 32.1. The SMILES string of the molecule is O=C(Cc1ccccc1[N+](=O)[O-])N(Cc1ccco1)Cc1cccs1. The number of para-hydroxylation sites is 1. The standard InChI is InChI=1S/C18H16N2O4S/c21-18(11-14-5-1-2-8-17(14)20(22)23)19(12-15-6-3-9-24-15)13-16-7-4-10-25-16/h1-10H,11-13H2. The van der Waals surface area contributed by atoms with Gasteiger partial charge in [0, 0.05) is 16.5 Å². The van der Waals surface area contributed by atoms with E-state index in [4.69, 9.17) is 4.42 Å². The molecule has 0 N–H and O–H groups in total. The lowest BCUT2D eigenvalue weighted by molar-refractivity contribution is -0.385. The van der Waals surface area contributed by atoms with Gasteiger partial charge in [0.25, 0.3) is 5.69 Å². The van der Waals surface area contributed by atoms with Crippen LogP contribution in [0.3, 0.4) is 0 Å². The second-order valence-electron chi connectivity index (χ2n) is 5.47. The summed E-state index contributed by atoms with van der Waals surface area (Å²) in [7, 11) is 0. The zero-order chi connectivity index (χ0) is 17.6. The van der Waals surface area contributed by atoms with Crippen molar-refractivity contribution in [1.29, 1.82) is 0 Å². The molecule has 6 nitrogen and oxygen atoms in total. The van der Waals surface area contributed by atoms with Gasteiger partial charge in [0.05, 0.1) is 30.7 Å². The second-order valence-corrected chi connectivity index (χ2v) is 6.50. The first-order valence-electron chi connectivity index (χ1n) is 7.68. The average Bonchev–Trinajstić information content (AvgIpc) is 3.28. The quantitative estimate of drug-likeness (QED) is 0.473. The van der Waals surface area contributed by atoms with Gasteiger partial charge in [-0.3, -0.25) is 14.9 Å². The van der Waals surface area contributed by atoms with Crippen molar-refractivity contribution in [2.24, 2.45) is 0 Å². The molecule has 3 aromatic rings. The summed E-state index contributed by atoms with van der Waals surface area (Å²) in [5.41, 5.74) is 0.373. The van der Waals surface area contributed by atoms with Crippen LogP contribution in [-0.4, -0.2) is 15.7 Å². The number of amides is 1. The van der Waals surface area contributed by atoms with Crippen LogP contribution in [-0.2, 0) is 24.3 Å². The topological polar surface area (TPSA) is 76.6 Å². The van der Waals surface area contributed by atoms with Gasteiger partial charge in [0.1, 0.15) is 5.76 Å². The van der Waals surface area contributed by atoms with Crippen LogP contribution >= 0.6 is 11.3 Å². The Labute approximate surface area is 148 Å². The highest BCUT2D eigenvalue weighted by molar-refractivity contribution is 7.09. The maximum absolute atomic E-state index is 12.8. The minimum Gasteiger partial charge on any atom is -0.467 e. The van der Waals surface area contributed by atoms with Gasteiger partial charge in [0.15, 0.2) is 0 Å². The number of furan rings is 1. The van der Waals surface area contributed by atoms with E-state index in [9.17, 15) is 14.9 Å². The van der Waals surface area contributed by atoms with E-state index >= 15 is 0 Å². The Bertz CT molecular complexity index is 808. The number of carbonyl (C=O) groups is 1. The summed E-state index contributed by atoms with van der Waals surface area (Å²) in [6, 6.07) is 13.8. The maximum Gasteiger partial charge on any atom is 0.273 e. The minimum absolute atomic E-state index is 0.0246. The van der Waals surface area contributed by atoms with E-state index in [1.165, 1.54) is 6.07 Å². The minimum atomic E-state index is -0.460. The van der Waals surface area contributed by atoms with Gasteiger partial charge in [-0.1, -0.05) is 24.3 Å². The van der Waals surface area contributed by atoms with Crippen LogP contribution in [0.25, 0.3) is 0 Å². The van der Waals surface area contributed by atoms with Gasteiger partial charge >= 0.3 is 0 Å². The van der Waals surface area contributed by atoms with E-state index in [1.54, 1.807) is 52.8 Å². The maximum atomic E-state index is 12.8. The van der Waals surface area contributed by atoms with E-state index in [2.05, 4.69) is 0 Å². The van der Waals surface area contributed by atoms with Crippen LogP contribution in [0.4, 0.5) is 5.69 Å². The fourth-order valence-corrected chi connectivity index (χ4v) is 3.25. The molecule has 0 aliphatic carbocycles. The summed E-state index contributed by atoms with van der Waals surface area (Å²) in [6.07, 6.45) is 1.54. The van der Waals surface area contributed by atoms with Gasteiger partial charge in [-0.25, -0.2) is 0 Å². The molecule has 0 fully saturated rings. The first kappa shape index (κ1) is 16.9. The van der Waals surface area contributed by atoms with Crippen molar-refractivity contribution < 1.29 is 14.1 Å². The Hall–Kier alpha value is -2.93. The predicted molar refractivity (Wildman–Crippen MR) is 94.1 cm³/mol. The average molecular weight is 356 g/mol. The molecule has 0 saturated carbocycles. The van der Waals surface area contributed by atoms with Crippen molar-refractivity contribution in [3.8, 4) is 0 Å². The first-order chi connectivity index (χ1) is 12.1. The summed E-state index contributed by atoms with van der Waals surface area (Å²) >= 11 is 1.56. The highest BCUT2D eigenvalue weighted by Gasteiger charge is 2.21. The van der Waals surface area contributed by atoms with Crippen LogP contribution < -0.4 is 0 Å². The smallest absolute Gasteiger partial charge is 0.273 e. The zero-order valence-corrected chi connectivity index (χ0v) is 14.1. The number of benzene rings is 1. The van der Waals surface area contributed by atoms with Crippen molar-refractivity contribution in [3.05, 3.63) is 86.5 Å². The Morgan fingerprint density at radius 3 is 2.64 bits per heavy atom. The van der Waals surface area contributed by atoms with Crippen LogP contribution in [0.1, 0.15) is 16.2 Å². The fourth-order valence-electron chi connectivity index (χ4n) is 2.53. The Balaban J connectivity index is 1.80. The molecule has 128 valence electrons. The number of nitrogens with zero attached hydrogens (tertiary/aromatic N) is 2. The lowest BCUT2D eigenvalue weighted by Gasteiger charge is -2.21. The van der Waals surface area contributed by atoms with Crippen molar-refractivity contribution >= 4 is 22.9 Å². The summed E-state index contributed by atoms with van der Waals surface area (Å²) < 4.78 is 5.35. The molecule has 0 aliphatic heterocycles. The molecule has 0 aliphatic rings. The van der Waals surface area contributed by atoms with E-state index in [0.29, 0.717) is 24.4 Å². The molecule has 2 heterocycles. The summed E-state index contributed by atoms with van der Waals surface area (Å²) in [4.78, 5) is 26.2. The molecule has 0 unspecified atom stereocenters. The molecule has 0 bridgehead atoms. The number of nitro groups is 1. The molecular weight excluding hydrogens is 340 g/mol. The lowest BCUT2D eigenvalue weighted by Crippen LogP contribution is -2.31. The zero-order valence-electron chi connectivity index (χ0n) is 13.3. The number of carbonyl (C=O) groups excluding carboxylic acids is 1. The summed E-state index contributed by atoms with van der Waals surface area (Å²) in [5, 5.41) is 13.1. The lowest BCUT2D eigenvalue weighted by atomic mass is 10.1. The van der Waals surface area contributed by atoms with E-state index < -0.39 is 4.92 Å². The molecular formula is C18H16N2O4S. The van der Waals surface area contributed by atoms with Gasteiger partial charge in [-0.15, -0.1) is 11.3 Å². The Kier molecular flexibility index (Phi) is 5.25. The van der Waals surface area contributed by atoms with Crippen molar-refractivity contribution in [1.82, 2.24) is 4.90 Å². The molecule has 0 atom stereocenters. The summed E-state index contributed by atoms with van der Waals surface area (Å²) in [6.45, 7) is 0.766. The normalized spacial score (nSPS) is 10.6. The number of hydrogen-bond donors (Lipinski definition) is 0. The van der Waals surface area contributed by atoms with Crippen molar-refractivity contribution in [2.75, 3.05) is 0 Å². The molecule has 1 amide bonds. The number of nitro benzene ring substituents is 1. The molecule has 7 heteroatoms. The Morgan fingerprint density at radius 1 is 1.12 bits per heavy atom. The van der Waals surface area contributed by atoms with Gasteiger partial charge in [-0.05, 0) is 23.6 Å². The van der Waals surface area contributed by atoms with Crippen molar-refractivity contribution in [3.63, 3.8) is 0 Å². The molecule has 0 saturated heterocycles. The molecule has 1 aromatic carbocycles. The molecule has 0 radical (unpaired) electrons. The molecule has 2 aromatic heterocycles. The largest absolute Gasteiger partial charge is 0.467 e. The predicted octanol–water partition coefficient (Wildman–Crippen LogP) is 4.02. The second kappa shape index (κ2) is 7.76. The first-order valence-corrected chi connectivity index (χ1v) is 8.56. The molecule has 3 rings (SSSR count). The third-order valence-corrected chi connectivity index (χ3v) is 4.60. The highest BCUT2D eigenvalue weighted by Crippen LogP contribution is 2.21. The Morgan fingerprint density at radius 2 is 1.96 bits per heavy atom. The molecule has 25 heavy (non-hydrogen) atoms. The fraction of sp³-hybridized carbons (Fsp3) is 0.167. The van der Waals surface area contributed by atoms with E-state index in [-0.39, 0.29) is 18.0 Å². The third-order valence-electron chi connectivity index (χ3n) is 3.74. The van der Waals surface area contributed by atoms with Gasteiger partial charge in [-0.2, -0.15) is 0 Å². The summed E-state index contributed by atoms with van der Waals surface area (Å²) in [5.74, 6) is 0.492. The number of thiophene rings is 1. The van der Waals surface area contributed by atoms with Gasteiger partial charge in [0.2, 0.25) is 5.91 Å². The molecule has 0 spiro atoms. The van der Waals surface area contributed by atoms with Crippen LogP contribution in [0, 0.1) is 10.1 Å². The van der Waals surface area contributed by atoms with Crippen LogP contribution in [0.2, 0.25) is 0 Å². The number of hydrogen-bond acceptors (Lipinski definition) is 5.